The molecular formula is C15H14F3N7O2S. The van der Waals surface area contributed by atoms with Gasteiger partial charge in [0.25, 0.3) is 0 Å². The molecule has 1 fully saturated rings. The number of alkyl halides is 3. The van der Waals surface area contributed by atoms with Gasteiger partial charge in [-0.25, -0.2) is 28.9 Å². The number of nitrogens with two attached hydrogens (primary N) is 1. The summed E-state index contributed by atoms with van der Waals surface area (Å²) in [6, 6.07) is 7.10. The molecule has 1 aliphatic rings. The van der Waals surface area contributed by atoms with Crippen molar-refractivity contribution in [2.24, 2.45) is 5.14 Å². The van der Waals surface area contributed by atoms with Crippen LogP contribution < -0.4 is 27.1 Å². The molecule has 0 aliphatic carbocycles. The number of pyridine rings is 1. The predicted octanol–water partition coefficient (Wildman–Crippen LogP) is 0.783. The molecule has 9 nitrogen and oxygen atoms in total. The summed E-state index contributed by atoms with van der Waals surface area (Å²) in [4.78, 5) is -1.01. The van der Waals surface area contributed by atoms with Crippen LogP contribution in [0.1, 0.15) is 17.3 Å². The van der Waals surface area contributed by atoms with Crippen LogP contribution >= 0.6 is 0 Å². The van der Waals surface area contributed by atoms with Gasteiger partial charge in [0, 0.05) is 17.3 Å². The van der Waals surface area contributed by atoms with E-state index in [2.05, 4.69) is 27.0 Å². The maximum absolute atomic E-state index is 13.6. The molecule has 3 aromatic rings. The minimum atomic E-state index is -4.92. The summed E-state index contributed by atoms with van der Waals surface area (Å²) in [6.07, 6.45) is -2.83. The molecule has 1 aliphatic heterocycles. The molecule has 148 valence electrons. The first-order valence-electron chi connectivity index (χ1n) is 7.88. The van der Waals surface area contributed by atoms with Gasteiger partial charge in [-0.05, 0) is 23.8 Å². The summed E-state index contributed by atoms with van der Waals surface area (Å²) in [6.45, 7) is 0. The highest BCUT2D eigenvalue weighted by Gasteiger charge is 2.40. The molecule has 4 rings (SSSR count). The van der Waals surface area contributed by atoms with Crippen LogP contribution in [0.4, 0.5) is 13.2 Å². The van der Waals surface area contributed by atoms with Gasteiger partial charge < -0.3 is 0 Å². The Morgan fingerprint density at radius 3 is 2.43 bits per heavy atom. The van der Waals surface area contributed by atoms with Gasteiger partial charge in [-0.1, -0.05) is 12.1 Å². The lowest BCUT2D eigenvalue weighted by molar-refractivity contribution is -0.140. The zero-order valence-electron chi connectivity index (χ0n) is 13.9. The van der Waals surface area contributed by atoms with Gasteiger partial charge in [-0.3, -0.25) is 0 Å². The maximum atomic E-state index is 13.6. The Hall–Kier alpha value is -2.55. The summed E-state index contributed by atoms with van der Waals surface area (Å²) >= 11 is 0. The van der Waals surface area contributed by atoms with E-state index in [1.165, 1.54) is 16.8 Å². The number of aromatic nitrogens is 2. The molecule has 13 heteroatoms. The Kier molecular flexibility index (Phi) is 4.37. The average molecular weight is 413 g/mol. The largest absolute Gasteiger partial charge is 0.417 e. The smallest absolute Gasteiger partial charge is 0.240 e. The minimum absolute atomic E-state index is 0.187. The summed E-state index contributed by atoms with van der Waals surface area (Å²) < 4.78 is 66.7. The van der Waals surface area contributed by atoms with E-state index in [-0.39, 0.29) is 11.1 Å². The lowest BCUT2D eigenvalue weighted by Crippen LogP contribution is -2.33. The van der Waals surface area contributed by atoms with E-state index in [1.54, 1.807) is 24.4 Å². The molecular weight excluding hydrogens is 399 g/mol. The summed E-state index contributed by atoms with van der Waals surface area (Å²) in [5, 5.41) is 9.38. The van der Waals surface area contributed by atoms with Crippen LogP contribution in [0, 0.1) is 0 Å². The minimum Gasteiger partial charge on any atom is -0.240 e. The van der Waals surface area contributed by atoms with Crippen LogP contribution in [0.5, 0.6) is 0 Å². The number of hydrazine groups is 3. The van der Waals surface area contributed by atoms with E-state index in [0.717, 1.165) is 0 Å². The van der Waals surface area contributed by atoms with Gasteiger partial charge in [0.2, 0.25) is 10.0 Å². The molecule has 0 bridgehead atoms. The van der Waals surface area contributed by atoms with Crippen LogP contribution in [0.25, 0.3) is 16.6 Å². The number of hydrogen-bond acceptors (Lipinski definition) is 7. The number of benzene rings is 1. The SMILES string of the molecule is NS(=O)(=O)c1c(C(F)(F)F)ccc(-c2cnn3ccccc23)c1C1NNNN1. The molecule has 0 spiro atoms. The normalized spacial score (nSPS) is 16.1. The first kappa shape index (κ1) is 18.8. The van der Waals surface area contributed by atoms with Crippen molar-refractivity contribution in [3.8, 4) is 11.1 Å². The molecule has 28 heavy (non-hydrogen) atoms. The number of hydrogen-bond donors (Lipinski definition) is 5. The van der Waals surface area contributed by atoms with E-state index in [9.17, 15) is 21.6 Å². The van der Waals surface area contributed by atoms with Crippen LogP contribution in [-0.2, 0) is 16.2 Å². The van der Waals surface area contributed by atoms with Crippen LogP contribution in [0.2, 0.25) is 0 Å². The molecule has 0 amide bonds. The molecule has 1 saturated heterocycles. The van der Waals surface area contributed by atoms with Crippen molar-refractivity contribution in [1.82, 2.24) is 31.5 Å². The van der Waals surface area contributed by atoms with Gasteiger partial charge in [0.05, 0.1) is 17.3 Å². The van der Waals surface area contributed by atoms with E-state index in [1.807, 2.05) is 0 Å². The molecule has 0 atom stereocenters. The Balaban J connectivity index is 2.10. The lowest BCUT2D eigenvalue weighted by Gasteiger charge is -2.22. The van der Waals surface area contributed by atoms with E-state index in [4.69, 9.17) is 5.14 Å². The number of nitrogens with one attached hydrogen (secondary N) is 4. The quantitative estimate of drug-likeness (QED) is 0.430. The number of rotatable bonds is 3. The number of nitrogens with zero attached hydrogens (tertiary/aromatic N) is 2. The fourth-order valence-corrected chi connectivity index (χ4v) is 4.21. The second-order valence-corrected chi connectivity index (χ2v) is 7.50. The second kappa shape index (κ2) is 6.51. The Morgan fingerprint density at radius 2 is 1.79 bits per heavy atom. The highest BCUT2D eigenvalue weighted by Crippen LogP contribution is 2.42. The van der Waals surface area contributed by atoms with E-state index in [0.29, 0.717) is 17.1 Å². The molecule has 6 N–H and O–H groups in total. The molecule has 0 radical (unpaired) electrons. The molecule has 0 saturated carbocycles. The highest BCUT2D eigenvalue weighted by atomic mass is 32.2. The third-order valence-electron chi connectivity index (χ3n) is 4.29. The average Bonchev–Trinajstić information content (AvgIpc) is 3.28. The van der Waals surface area contributed by atoms with Crippen molar-refractivity contribution >= 4 is 15.5 Å². The van der Waals surface area contributed by atoms with Gasteiger partial charge in [-0.15, -0.1) is 0 Å². The molecule has 2 aromatic heterocycles. The van der Waals surface area contributed by atoms with Gasteiger partial charge in [0.15, 0.2) is 0 Å². The van der Waals surface area contributed by atoms with E-state index >= 15 is 0 Å². The Bertz CT molecular complexity index is 1150. The highest BCUT2D eigenvalue weighted by molar-refractivity contribution is 7.89. The van der Waals surface area contributed by atoms with Crippen LogP contribution in [0.3, 0.4) is 0 Å². The third kappa shape index (κ3) is 3.13. The fraction of sp³-hybridized carbons (Fsp3) is 0.133. The topological polar surface area (TPSA) is 126 Å². The first-order valence-corrected chi connectivity index (χ1v) is 9.43. The number of fused-ring (bicyclic) bond motifs is 1. The van der Waals surface area contributed by atoms with Crippen molar-refractivity contribution in [3.05, 3.63) is 53.9 Å². The second-order valence-electron chi connectivity index (χ2n) is 6.01. The number of halogens is 3. The van der Waals surface area contributed by atoms with Gasteiger partial charge >= 0.3 is 6.18 Å². The fourth-order valence-electron chi connectivity index (χ4n) is 3.19. The van der Waals surface area contributed by atoms with Crippen molar-refractivity contribution < 1.29 is 21.6 Å². The predicted molar refractivity (Wildman–Crippen MR) is 92.3 cm³/mol. The van der Waals surface area contributed by atoms with Crippen molar-refractivity contribution in [2.45, 2.75) is 17.2 Å². The summed E-state index contributed by atoms with van der Waals surface area (Å²) in [7, 11) is -4.73. The molecule has 3 heterocycles. The monoisotopic (exact) mass is 413 g/mol. The van der Waals surface area contributed by atoms with E-state index < -0.39 is 32.8 Å². The lowest BCUT2D eigenvalue weighted by atomic mass is 9.96. The van der Waals surface area contributed by atoms with Crippen LogP contribution in [-0.4, -0.2) is 18.0 Å². The van der Waals surface area contributed by atoms with Gasteiger partial charge in [-0.2, -0.15) is 29.3 Å². The Labute approximate surface area is 156 Å². The van der Waals surface area contributed by atoms with Crippen LogP contribution in [0.15, 0.2) is 47.6 Å². The molecule has 1 aromatic carbocycles. The zero-order chi connectivity index (χ0) is 20.1. The van der Waals surface area contributed by atoms with Crippen molar-refractivity contribution in [3.63, 3.8) is 0 Å². The van der Waals surface area contributed by atoms with Gasteiger partial charge in [0.1, 0.15) is 11.1 Å². The first-order chi connectivity index (χ1) is 13.2. The van der Waals surface area contributed by atoms with Crippen molar-refractivity contribution in [1.29, 1.82) is 0 Å². The standard InChI is InChI=1S/C15H14F3N7O2S/c16-15(17,18)10-5-4-8(9-7-20-25-6-2-1-3-11(9)25)12(13(10)28(19,26)27)14-21-23-24-22-14/h1-7,14,21-24H,(H2,19,26,27). The van der Waals surface area contributed by atoms with Crippen molar-refractivity contribution in [2.75, 3.05) is 0 Å². The third-order valence-corrected chi connectivity index (χ3v) is 5.30. The maximum Gasteiger partial charge on any atom is 0.417 e. The molecule has 0 unspecified atom stereocenters. The summed E-state index contributed by atoms with van der Waals surface area (Å²) in [5.74, 6) is 0. The zero-order valence-corrected chi connectivity index (χ0v) is 14.8. The number of sulfonamides is 1. The number of primary sulfonamides is 1. The Morgan fingerprint density at radius 1 is 1.07 bits per heavy atom. The summed E-state index contributed by atoms with van der Waals surface area (Å²) in [5.41, 5.74) is 9.92.